The molecule has 0 radical (unpaired) electrons. The van der Waals surface area contributed by atoms with Crippen molar-refractivity contribution in [3.63, 3.8) is 0 Å². The first-order valence-corrected chi connectivity index (χ1v) is 13.0. The van der Waals surface area contributed by atoms with Gasteiger partial charge in [0.25, 0.3) is 0 Å². The lowest BCUT2D eigenvalue weighted by Gasteiger charge is -2.60. The Morgan fingerprint density at radius 3 is 2.35 bits per heavy atom. The van der Waals surface area contributed by atoms with Gasteiger partial charge in [0.05, 0.1) is 0 Å². The first kappa shape index (κ1) is 25.1. The second kappa shape index (κ2) is 9.54. The third-order valence-corrected chi connectivity index (χ3v) is 10.2. The van der Waals surface area contributed by atoms with Gasteiger partial charge in [-0.3, -0.25) is 4.79 Å². The van der Waals surface area contributed by atoms with Crippen LogP contribution in [0, 0.1) is 47.3 Å². The number of rotatable bonds is 3. The molecule has 4 saturated carbocycles. The Bertz CT molecular complexity index is 960. The minimum atomic E-state index is -1.43. The van der Waals surface area contributed by atoms with Crippen LogP contribution in [0.1, 0.15) is 96.5 Å². The Labute approximate surface area is 201 Å². The van der Waals surface area contributed by atoms with E-state index in [0.29, 0.717) is 22.5 Å². The van der Waals surface area contributed by atoms with E-state index in [9.17, 15) is 14.4 Å². The maximum atomic E-state index is 12.2. The summed E-state index contributed by atoms with van der Waals surface area (Å²) in [6.45, 7) is 8.14. The van der Waals surface area contributed by atoms with Crippen molar-refractivity contribution in [3.8, 4) is 0 Å². The normalized spacial score (nSPS) is 38.5. The third kappa shape index (κ3) is 4.47. The van der Waals surface area contributed by atoms with Gasteiger partial charge in [0.2, 0.25) is 0 Å². The van der Waals surface area contributed by atoms with E-state index in [1.165, 1.54) is 71.1 Å². The Morgan fingerprint density at radius 2 is 1.71 bits per heavy atom. The van der Waals surface area contributed by atoms with Gasteiger partial charge in [-0.1, -0.05) is 26.7 Å². The first-order chi connectivity index (χ1) is 16.1. The lowest BCUT2D eigenvalue weighted by atomic mass is 9.45. The van der Waals surface area contributed by atoms with Gasteiger partial charge in [0, 0.05) is 5.92 Å². The van der Waals surface area contributed by atoms with Crippen molar-refractivity contribution in [2.45, 2.75) is 98.5 Å². The number of fused-ring (bicyclic) bond motifs is 5. The van der Waals surface area contributed by atoms with Crippen LogP contribution < -0.4 is 5.82 Å². The van der Waals surface area contributed by atoms with Gasteiger partial charge in [-0.05, 0) is 99.7 Å². The van der Waals surface area contributed by atoms with E-state index >= 15 is 0 Å². The second-order valence-electron chi connectivity index (χ2n) is 11.7. The number of ketones is 1. The Morgan fingerprint density at radius 1 is 0.971 bits per heavy atom. The minimum Gasteiger partial charge on any atom is -0.450 e. The smallest absolute Gasteiger partial charge is 0.450 e. The van der Waals surface area contributed by atoms with E-state index in [1.807, 2.05) is 6.92 Å². The molecule has 0 spiro atoms. The molecule has 1 heterocycles. The van der Waals surface area contributed by atoms with Gasteiger partial charge in [0.1, 0.15) is 5.78 Å². The molecular formula is C27H40O7. The zero-order valence-corrected chi connectivity index (χ0v) is 21.1. The van der Waals surface area contributed by atoms with Crippen molar-refractivity contribution >= 4 is 11.9 Å². The van der Waals surface area contributed by atoms with Crippen LogP contribution >= 0.6 is 0 Å². The number of ether oxygens (including phenoxy) is 1. The number of carboxylic acid groups (broad SMARTS) is 1. The van der Waals surface area contributed by atoms with Crippen LogP contribution in [0.2, 0.25) is 0 Å². The van der Waals surface area contributed by atoms with Crippen molar-refractivity contribution in [1.29, 1.82) is 0 Å². The molecule has 1 N–H and O–H groups in total. The molecular weight excluding hydrogens is 436 g/mol. The van der Waals surface area contributed by atoms with Crippen LogP contribution in [0.25, 0.3) is 0 Å². The highest BCUT2D eigenvalue weighted by Gasteiger charge is 2.60. The Balaban J connectivity index is 0.000000195. The summed E-state index contributed by atoms with van der Waals surface area (Å²) >= 11 is 0. The summed E-state index contributed by atoms with van der Waals surface area (Å²) < 4.78 is 13.1. The van der Waals surface area contributed by atoms with Gasteiger partial charge in [0.15, 0.2) is 18.1 Å². The quantitative estimate of drug-likeness (QED) is 0.506. The van der Waals surface area contributed by atoms with Crippen LogP contribution in [-0.2, 0) is 16.1 Å². The average Bonchev–Trinajstić information content (AvgIpc) is 3.30. The van der Waals surface area contributed by atoms with Crippen molar-refractivity contribution in [1.82, 2.24) is 0 Å². The van der Waals surface area contributed by atoms with Gasteiger partial charge < -0.3 is 18.7 Å². The Kier molecular flexibility index (Phi) is 7.03. The number of carbonyl (C=O) groups is 2. The monoisotopic (exact) mass is 476 g/mol. The summed E-state index contributed by atoms with van der Waals surface area (Å²) in [6, 6.07) is 0. The second-order valence-corrected chi connectivity index (χ2v) is 11.7. The van der Waals surface area contributed by atoms with Crippen molar-refractivity contribution in [3.05, 3.63) is 22.1 Å². The SMILES string of the molecule is CC(=O)[C@H]1CCC2[C@@H]3CCC4CCCC[C@]4(C)C3CC[C@@]21C.Cc1oc(=O)oc1COC(=O)O. The molecule has 0 aliphatic heterocycles. The molecule has 0 bridgehead atoms. The summed E-state index contributed by atoms with van der Waals surface area (Å²) in [5, 5.41) is 8.10. The fourth-order valence-electron chi connectivity index (χ4n) is 8.60. The highest BCUT2D eigenvalue weighted by Crippen LogP contribution is 2.67. The number of hydrogen-bond donors (Lipinski definition) is 1. The summed E-state index contributed by atoms with van der Waals surface area (Å²) in [5.74, 6) is 4.05. The van der Waals surface area contributed by atoms with E-state index in [1.54, 1.807) is 0 Å². The van der Waals surface area contributed by atoms with Gasteiger partial charge in [-0.2, -0.15) is 0 Å². The molecule has 3 unspecified atom stereocenters. The van der Waals surface area contributed by atoms with Crippen molar-refractivity contribution in [2.75, 3.05) is 0 Å². The van der Waals surface area contributed by atoms with E-state index in [0.717, 1.165) is 23.7 Å². The maximum Gasteiger partial charge on any atom is 0.519 e. The fourth-order valence-corrected chi connectivity index (χ4v) is 8.60. The van der Waals surface area contributed by atoms with Crippen molar-refractivity contribution < 1.29 is 28.3 Å². The first-order valence-electron chi connectivity index (χ1n) is 13.0. The number of Topliss-reactive ketones (excluding diaryl/α,β-unsaturated/α-hetero) is 1. The highest BCUT2D eigenvalue weighted by molar-refractivity contribution is 5.79. The van der Waals surface area contributed by atoms with Crippen LogP contribution in [0.15, 0.2) is 13.6 Å². The molecule has 0 aromatic carbocycles. The van der Waals surface area contributed by atoms with Crippen LogP contribution in [0.5, 0.6) is 0 Å². The molecule has 34 heavy (non-hydrogen) atoms. The van der Waals surface area contributed by atoms with Gasteiger partial charge >= 0.3 is 12.0 Å². The lowest BCUT2D eigenvalue weighted by Crippen LogP contribution is -2.53. The maximum absolute atomic E-state index is 12.2. The topological polar surface area (TPSA) is 107 Å². The molecule has 4 fully saturated rings. The van der Waals surface area contributed by atoms with E-state index in [4.69, 9.17) is 5.11 Å². The molecule has 1 aromatic rings. The number of aryl methyl sites for hydroxylation is 1. The zero-order chi connectivity index (χ0) is 24.7. The molecule has 0 saturated heterocycles. The highest BCUT2D eigenvalue weighted by atomic mass is 16.7. The minimum absolute atomic E-state index is 0.0856. The van der Waals surface area contributed by atoms with E-state index in [2.05, 4.69) is 27.4 Å². The summed E-state index contributed by atoms with van der Waals surface area (Å²) in [7, 11) is 0. The molecule has 0 amide bonds. The van der Waals surface area contributed by atoms with Crippen LogP contribution in [-0.4, -0.2) is 17.0 Å². The molecule has 7 heteroatoms. The van der Waals surface area contributed by atoms with Crippen molar-refractivity contribution in [2.24, 2.45) is 40.4 Å². The Hall–Kier alpha value is -2.05. The fraction of sp³-hybridized carbons (Fsp3) is 0.815. The molecule has 4 aliphatic carbocycles. The zero-order valence-electron chi connectivity index (χ0n) is 21.1. The number of hydrogen-bond acceptors (Lipinski definition) is 6. The molecule has 5 rings (SSSR count). The van der Waals surface area contributed by atoms with E-state index < -0.39 is 12.0 Å². The summed E-state index contributed by atoms with van der Waals surface area (Å²) in [4.78, 5) is 32.5. The predicted octanol–water partition coefficient (Wildman–Crippen LogP) is 6.36. The molecule has 4 aliphatic rings. The summed E-state index contributed by atoms with van der Waals surface area (Å²) in [6.07, 6.45) is 12.7. The molecule has 190 valence electrons. The summed E-state index contributed by atoms with van der Waals surface area (Å²) in [5.41, 5.74) is 0.974. The van der Waals surface area contributed by atoms with Crippen LogP contribution in [0.4, 0.5) is 4.79 Å². The van der Waals surface area contributed by atoms with Gasteiger partial charge in [-0.15, -0.1) is 0 Å². The third-order valence-electron chi connectivity index (χ3n) is 10.2. The average molecular weight is 477 g/mol. The standard InChI is InChI=1S/C21H34O.C6H6O6/c1-14(22)17-9-10-18-16-8-7-15-6-4-5-12-20(15,2)19(16)11-13-21(17,18)3;1-3-4(2-10-5(7)8)12-6(9)11-3/h15-19H,4-13H2,1-3H3;2H2,1H3,(H,7,8)/t15?,16-,17+,18?,19?,20-,21+;/m0./s1. The number of carbonyl (C=O) groups excluding carboxylic acids is 1. The van der Waals surface area contributed by atoms with E-state index in [-0.39, 0.29) is 18.1 Å². The molecule has 7 nitrogen and oxygen atoms in total. The van der Waals surface area contributed by atoms with Crippen LogP contribution in [0.3, 0.4) is 0 Å². The molecule has 1 aromatic heterocycles. The largest absolute Gasteiger partial charge is 0.519 e. The van der Waals surface area contributed by atoms with Gasteiger partial charge in [-0.25, -0.2) is 9.59 Å². The molecule has 7 atom stereocenters. The lowest BCUT2D eigenvalue weighted by molar-refractivity contribution is -0.133. The predicted molar refractivity (Wildman–Crippen MR) is 125 cm³/mol.